The van der Waals surface area contributed by atoms with Crippen LogP contribution in [0.4, 0.5) is 0 Å². The number of aromatic amines is 1. The molecule has 110 valence electrons. The van der Waals surface area contributed by atoms with Crippen molar-refractivity contribution >= 4 is 17.2 Å². The number of fused-ring (bicyclic) bond motifs is 2. The molecule has 0 spiro atoms. The predicted octanol–water partition coefficient (Wildman–Crippen LogP) is 1.67. The SMILES string of the molecule is Cc1[nH]nc2c1CC(NC(=O)c1cc3c(s1)CNC3)CC2. The Morgan fingerprint density at radius 2 is 2.38 bits per heavy atom. The van der Waals surface area contributed by atoms with E-state index >= 15 is 0 Å². The third-order valence-electron chi connectivity index (χ3n) is 4.40. The first-order valence-corrected chi connectivity index (χ1v) is 8.18. The van der Waals surface area contributed by atoms with Gasteiger partial charge >= 0.3 is 0 Å². The second-order valence-electron chi connectivity index (χ2n) is 5.85. The summed E-state index contributed by atoms with van der Waals surface area (Å²) in [4.78, 5) is 14.6. The van der Waals surface area contributed by atoms with Crippen molar-refractivity contribution in [2.45, 2.75) is 45.3 Å². The summed E-state index contributed by atoms with van der Waals surface area (Å²) in [5.41, 5.74) is 4.86. The van der Waals surface area contributed by atoms with Gasteiger partial charge in [0.15, 0.2) is 0 Å². The number of hydrogen-bond acceptors (Lipinski definition) is 4. The topological polar surface area (TPSA) is 69.8 Å². The van der Waals surface area contributed by atoms with E-state index in [4.69, 9.17) is 0 Å². The van der Waals surface area contributed by atoms with Gasteiger partial charge in [-0.1, -0.05) is 0 Å². The van der Waals surface area contributed by atoms with Crippen molar-refractivity contribution in [2.75, 3.05) is 0 Å². The van der Waals surface area contributed by atoms with E-state index in [-0.39, 0.29) is 11.9 Å². The molecule has 3 heterocycles. The Morgan fingerprint density at radius 1 is 1.48 bits per heavy atom. The average molecular weight is 302 g/mol. The van der Waals surface area contributed by atoms with E-state index in [1.54, 1.807) is 11.3 Å². The lowest BCUT2D eigenvalue weighted by Gasteiger charge is -2.22. The number of hydrogen-bond donors (Lipinski definition) is 3. The summed E-state index contributed by atoms with van der Waals surface area (Å²) >= 11 is 1.62. The molecule has 0 radical (unpaired) electrons. The molecule has 0 bridgehead atoms. The van der Waals surface area contributed by atoms with Crippen molar-refractivity contribution in [3.8, 4) is 0 Å². The summed E-state index contributed by atoms with van der Waals surface area (Å²) in [6.07, 6.45) is 2.79. The Balaban J connectivity index is 1.46. The van der Waals surface area contributed by atoms with Crippen molar-refractivity contribution in [3.63, 3.8) is 0 Å². The van der Waals surface area contributed by atoms with Crippen molar-refractivity contribution in [1.29, 1.82) is 0 Å². The minimum atomic E-state index is 0.0731. The Hall–Kier alpha value is -1.66. The molecule has 4 rings (SSSR count). The monoisotopic (exact) mass is 302 g/mol. The lowest BCUT2D eigenvalue weighted by Crippen LogP contribution is -2.38. The molecule has 0 saturated heterocycles. The minimum absolute atomic E-state index is 0.0731. The van der Waals surface area contributed by atoms with Crippen LogP contribution in [0.3, 0.4) is 0 Å². The van der Waals surface area contributed by atoms with E-state index in [0.717, 1.165) is 42.9 Å². The van der Waals surface area contributed by atoms with Crippen LogP contribution in [0.5, 0.6) is 0 Å². The third-order valence-corrected chi connectivity index (χ3v) is 5.57. The maximum Gasteiger partial charge on any atom is 0.261 e. The van der Waals surface area contributed by atoms with Gasteiger partial charge in [0.05, 0.1) is 10.6 Å². The van der Waals surface area contributed by atoms with Crippen molar-refractivity contribution in [1.82, 2.24) is 20.8 Å². The quantitative estimate of drug-likeness (QED) is 0.790. The zero-order valence-corrected chi connectivity index (χ0v) is 12.8. The highest BCUT2D eigenvalue weighted by atomic mass is 32.1. The second-order valence-corrected chi connectivity index (χ2v) is 6.99. The van der Waals surface area contributed by atoms with Gasteiger partial charge in [0.25, 0.3) is 5.91 Å². The number of aryl methyl sites for hydroxylation is 2. The maximum absolute atomic E-state index is 12.4. The molecule has 0 saturated carbocycles. The fraction of sp³-hybridized carbons (Fsp3) is 0.467. The lowest BCUT2D eigenvalue weighted by molar-refractivity contribution is 0.0937. The summed E-state index contributed by atoms with van der Waals surface area (Å²) < 4.78 is 0. The first-order valence-electron chi connectivity index (χ1n) is 7.36. The molecular formula is C15H18N4OS. The standard InChI is InChI=1S/C15H18N4OS/c1-8-11-5-10(2-3-12(11)19-18-8)17-15(20)13-4-9-6-16-7-14(9)21-13/h4,10,16H,2-3,5-7H2,1H3,(H,17,20)(H,18,19). The van der Waals surface area contributed by atoms with Crippen LogP contribution in [0, 0.1) is 6.92 Å². The molecule has 2 aromatic heterocycles. The zero-order valence-electron chi connectivity index (χ0n) is 12.0. The lowest BCUT2D eigenvalue weighted by atomic mass is 9.92. The van der Waals surface area contributed by atoms with E-state index in [0.29, 0.717) is 0 Å². The molecule has 21 heavy (non-hydrogen) atoms. The number of aromatic nitrogens is 2. The number of carbonyl (C=O) groups is 1. The van der Waals surface area contributed by atoms with Gasteiger partial charge in [-0.05, 0) is 43.4 Å². The number of H-pyrrole nitrogens is 1. The first-order chi connectivity index (χ1) is 10.2. The van der Waals surface area contributed by atoms with E-state index in [9.17, 15) is 4.79 Å². The van der Waals surface area contributed by atoms with Crippen LogP contribution < -0.4 is 10.6 Å². The van der Waals surface area contributed by atoms with E-state index in [1.807, 2.05) is 13.0 Å². The second kappa shape index (κ2) is 4.96. The number of nitrogens with zero attached hydrogens (tertiary/aromatic N) is 1. The first kappa shape index (κ1) is 13.0. The number of nitrogens with one attached hydrogen (secondary N) is 3. The number of rotatable bonds is 2. The number of amides is 1. The largest absolute Gasteiger partial charge is 0.348 e. The van der Waals surface area contributed by atoms with Gasteiger partial charge in [-0.3, -0.25) is 9.89 Å². The fourth-order valence-corrected chi connectivity index (χ4v) is 4.26. The minimum Gasteiger partial charge on any atom is -0.348 e. The molecule has 1 atom stereocenters. The molecule has 6 heteroatoms. The van der Waals surface area contributed by atoms with Gasteiger partial charge in [-0.25, -0.2) is 0 Å². The maximum atomic E-state index is 12.4. The molecule has 1 unspecified atom stereocenters. The summed E-state index contributed by atoms with van der Waals surface area (Å²) in [6.45, 7) is 3.83. The van der Waals surface area contributed by atoms with Crippen LogP contribution in [0.1, 0.15) is 43.5 Å². The Labute approximate surface area is 127 Å². The van der Waals surface area contributed by atoms with Crippen molar-refractivity contribution in [2.24, 2.45) is 0 Å². The van der Waals surface area contributed by atoms with Crippen LogP contribution in [-0.4, -0.2) is 22.1 Å². The summed E-state index contributed by atoms with van der Waals surface area (Å²) in [5.74, 6) is 0.0731. The zero-order chi connectivity index (χ0) is 14.4. The molecule has 5 nitrogen and oxygen atoms in total. The highest BCUT2D eigenvalue weighted by molar-refractivity contribution is 7.14. The van der Waals surface area contributed by atoms with Gasteiger partial charge < -0.3 is 10.6 Å². The van der Waals surface area contributed by atoms with Gasteiger partial charge in [0, 0.05) is 29.7 Å². The van der Waals surface area contributed by atoms with E-state index in [2.05, 4.69) is 20.8 Å². The van der Waals surface area contributed by atoms with Crippen LogP contribution >= 0.6 is 11.3 Å². The molecule has 1 amide bonds. The Kier molecular flexibility index (Phi) is 3.08. The number of thiophene rings is 1. The average Bonchev–Trinajstić information content (AvgIpc) is 3.14. The van der Waals surface area contributed by atoms with Crippen LogP contribution in [-0.2, 0) is 25.9 Å². The molecular weight excluding hydrogens is 284 g/mol. The highest BCUT2D eigenvalue weighted by Gasteiger charge is 2.25. The highest BCUT2D eigenvalue weighted by Crippen LogP contribution is 2.27. The molecule has 2 aromatic rings. The molecule has 1 aliphatic carbocycles. The van der Waals surface area contributed by atoms with Crippen LogP contribution in [0.2, 0.25) is 0 Å². The molecule has 1 aliphatic heterocycles. The summed E-state index contributed by atoms with van der Waals surface area (Å²) in [6, 6.07) is 2.25. The molecule has 0 fully saturated rings. The Morgan fingerprint density at radius 3 is 3.24 bits per heavy atom. The molecule has 3 N–H and O–H groups in total. The van der Waals surface area contributed by atoms with Crippen LogP contribution in [0.15, 0.2) is 6.07 Å². The van der Waals surface area contributed by atoms with Gasteiger partial charge in [0.1, 0.15) is 0 Å². The third kappa shape index (κ3) is 2.28. The molecule has 2 aliphatic rings. The number of carbonyl (C=O) groups excluding carboxylic acids is 1. The van der Waals surface area contributed by atoms with Gasteiger partial charge in [-0.2, -0.15) is 5.10 Å². The van der Waals surface area contributed by atoms with Gasteiger partial charge in [-0.15, -0.1) is 11.3 Å². The predicted molar refractivity (Wildman–Crippen MR) is 81.5 cm³/mol. The summed E-state index contributed by atoms with van der Waals surface area (Å²) in [5, 5.41) is 13.9. The van der Waals surface area contributed by atoms with Crippen molar-refractivity contribution < 1.29 is 4.79 Å². The van der Waals surface area contributed by atoms with E-state index in [1.165, 1.54) is 21.7 Å². The van der Waals surface area contributed by atoms with Crippen molar-refractivity contribution in [3.05, 3.63) is 38.3 Å². The van der Waals surface area contributed by atoms with E-state index < -0.39 is 0 Å². The Bertz CT molecular complexity index is 681. The van der Waals surface area contributed by atoms with Gasteiger partial charge in [0.2, 0.25) is 0 Å². The fourth-order valence-electron chi connectivity index (χ4n) is 3.21. The molecule has 0 aromatic carbocycles. The van der Waals surface area contributed by atoms with Crippen LogP contribution in [0.25, 0.3) is 0 Å². The normalized spacial score (nSPS) is 20.1. The summed E-state index contributed by atoms with van der Waals surface area (Å²) in [7, 11) is 0. The smallest absolute Gasteiger partial charge is 0.261 e.